The molecule has 0 saturated carbocycles. The summed E-state index contributed by atoms with van der Waals surface area (Å²) < 4.78 is 38.8. The summed E-state index contributed by atoms with van der Waals surface area (Å²) in [5.41, 5.74) is 0.940. The van der Waals surface area contributed by atoms with Gasteiger partial charge >= 0.3 is 0 Å². The van der Waals surface area contributed by atoms with E-state index >= 15 is 0 Å². The average molecular weight is 349 g/mol. The Morgan fingerprint density at radius 1 is 1.04 bits per heavy atom. The van der Waals surface area contributed by atoms with Crippen LogP contribution in [0.2, 0.25) is 0 Å². The van der Waals surface area contributed by atoms with Crippen molar-refractivity contribution in [1.82, 2.24) is 4.72 Å². The van der Waals surface area contributed by atoms with Gasteiger partial charge in [0.2, 0.25) is 10.0 Å². The lowest BCUT2D eigenvalue weighted by molar-refractivity contribution is 0.385. The van der Waals surface area contributed by atoms with Gasteiger partial charge in [-0.2, -0.15) is 0 Å². The first kappa shape index (κ1) is 18.3. The molecule has 0 fully saturated rings. The fourth-order valence-electron chi connectivity index (χ4n) is 2.52. The summed E-state index contributed by atoms with van der Waals surface area (Å²) in [6.45, 7) is 2.03. The zero-order chi connectivity index (χ0) is 17.6. The van der Waals surface area contributed by atoms with Crippen LogP contribution in [0.5, 0.6) is 11.5 Å². The molecule has 130 valence electrons. The van der Waals surface area contributed by atoms with Crippen LogP contribution in [0.4, 0.5) is 0 Å². The molecule has 1 unspecified atom stereocenters. The van der Waals surface area contributed by atoms with Gasteiger partial charge in [0.25, 0.3) is 0 Å². The number of hydrogen-bond acceptors (Lipinski definition) is 4. The van der Waals surface area contributed by atoms with Gasteiger partial charge in [-0.3, -0.25) is 0 Å². The van der Waals surface area contributed by atoms with Gasteiger partial charge in [0.1, 0.15) is 16.4 Å². The van der Waals surface area contributed by atoms with Crippen molar-refractivity contribution < 1.29 is 17.9 Å². The van der Waals surface area contributed by atoms with Gasteiger partial charge in [-0.1, -0.05) is 43.7 Å². The predicted molar refractivity (Wildman–Crippen MR) is 94.0 cm³/mol. The molecule has 0 aliphatic rings. The topological polar surface area (TPSA) is 64.6 Å². The van der Waals surface area contributed by atoms with Crippen molar-refractivity contribution >= 4 is 10.0 Å². The van der Waals surface area contributed by atoms with E-state index in [1.165, 1.54) is 20.3 Å². The Morgan fingerprint density at radius 2 is 1.75 bits per heavy atom. The molecule has 1 N–H and O–H groups in total. The molecular weight excluding hydrogens is 326 g/mol. The number of ether oxygens (including phenoxy) is 2. The minimum Gasteiger partial charge on any atom is -0.497 e. The molecule has 2 rings (SSSR count). The van der Waals surface area contributed by atoms with Crippen LogP contribution in [-0.2, 0) is 10.0 Å². The average Bonchev–Trinajstić information content (AvgIpc) is 2.61. The summed E-state index contributed by atoms with van der Waals surface area (Å²) in [6, 6.07) is 13.9. The first-order valence-electron chi connectivity index (χ1n) is 7.81. The Balaban J connectivity index is 2.35. The van der Waals surface area contributed by atoms with E-state index in [1.807, 2.05) is 37.3 Å². The third-order valence-corrected chi connectivity index (χ3v) is 5.25. The molecule has 6 heteroatoms. The van der Waals surface area contributed by atoms with Crippen LogP contribution < -0.4 is 14.2 Å². The van der Waals surface area contributed by atoms with Crippen molar-refractivity contribution in [1.29, 1.82) is 0 Å². The fourth-order valence-corrected chi connectivity index (χ4v) is 3.93. The van der Waals surface area contributed by atoms with Crippen LogP contribution in [0, 0.1) is 0 Å². The van der Waals surface area contributed by atoms with Gasteiger partial charge in [-0.15, -0.1) is 0 Å². The summed E-state index contributed by atoms with van der Waals surface area (Å²) >= 11 is 0. The monoisotopic (exact) mass is 349 g/mol. The zero-order valence-electron chi connectivity index (χ0n) is 14.2. The van der Waals surface area contributed by atoms with Crippen molar-refractivity contribution in [2.45, 2.75) is 30.7 Å². The molecule has 0 heterocycles. The molecule has 2 aromatic carbocycles. The van der Waals surface area contributed by atoms with E-state index in [9.17, 15) is 8.42 Å². The fraction of sp³-hybridized carbons (Fsp3) is 0.333. The molecule has 0 spiro atoms. The van der Waals surface area contributed by atoms with Gasteiger partial charge in [0.15, 0.2) is 0 Å². The lowest BCUT2D eigenvalue weighted by Crippen LogP contribution is -2.29. The minimum absolute atomic E-state index is 0.0998. The summed E-state index contributed by atoms with van der Waals surface area (Å²) in [7, 11) is -0.767. The second-order valence-electron chi connectivity index (χ2n) is 5.39. The van der Waals surface area contributed by atoms with Crippen molar-refractivity contribution in [2.75, 3.05) is 14.2 Å². The lowest BCUT2D eigenvalue weighted by atomic mass is 10.0. The Bertz CT molecular complexity index is 760. The third-order valence-electron chi connectivity index (χ3n) is 3.74. The van der Waals surface area contributed by atoms with Crippen LogP contribution >= 0.6 is 0 Å². The maximum atomic E-state index is 12.8. The molecule has 0 bridgehead atoms. The van der Waals surface area contributed by atoms with Crippen molar-refractivity contribution in [3.05, 3.63) is 54.1 Å². The summed E-state index contributed by atoms with van der Waals surface area (Å²) in [5.74, 6) is 0.795. The van der Waals surface area contributed by atoms with Crippen LogP contribution in [0.15, 0.2) is 53.4 Å². The lowest BCUT2D eigenvalue weighted by Gasteiger charge is -2.20. The molecule has 0 aliphatic heterocycles. The maximum absolute atomic E-state index is 12.8. The summed E-state index contributed by atoms with van der Waals surface area (Å²) in [6.07, 6.45) is 1.57. The molecular formula is C18H23NO4S. The highest BCUT2D eigenvalue weighted by Gasteiger charge is 2.24. The van der Waals surface area contributed by atoms with E-state index < -0.39 is 10.0 Å². The number of rotatable bonds is 8. The van der Waals surface area contributed by atoms with E-state index in [4.69, 9.17) is 9.47 Å². The molecule has 0 radical (unpaired) electrons. The van der Waals surface area contributed by atoms with E-state index in [1.54, 1.807) is 12.1 Å². The van der Waals surface area contributed by atoms with E-state index in [0.717, 1.165) is 12.0 Å². The molecule has 2 aromatic rings. The van der Waals surface area contributed by atoms with Gasteiger partial charge in [-0.05, 0) is 24.1 Å². The number of benzene rings is 2. The van der Waals surface area contributed by atoms with Crippen molar-refractivity contribution in [3.8, 4) is 11.5 Å². The quantitative estimate of drug-likeness (QED) is 0.792. The highest BCUT2D eigenvalue weighted by atomic mass is 32.2. The first-order chi connectivity index (χ1) is 11.5. The summed E-state index contributed by atoms with van der Waals surface area (Å²) in [5, 5.41) is 0. The number of nitrogens with one attached hydrogen (secondary N) is 1. The number of hydrogen-bond donors (Lipinski definition) is 1. The van der Waals surface area contributed by atoms with Crippen LogP contribution in [0.3, 0.4) is 0 Å². The largest absolute Gasteiger partial charge is 0.497 e. The zero-order valence-corrected chi connectivity index (χ0v) is 15.0. The third kappa shape index (κ3) is 4.27. The Hall–Kier alpha value is -2.05. The highest BCUT2D eigenvalue weighted by molar-refractivity contribution is 7.89. The van der Waals surface area contributed by atoms with E-state index in [-0.39, 0.29) is 16.7 Å². The van der Waals surface area contributed by atoms with Gasteiger partial charge in [-0.25, -0.2) is 13.1 Å². The predicted octanol–water partition coefficient (Wildman–Crippen LogP) is 3.52. The van der Waals surface area contributed by atoms with Crippen LogP contribution in [0.25, 0.3) is 0 Å². The first-order valence-corrected chi connectivity index (χ1v) is 9.29. The van der Waals surface area contributed by atoms with Crippen LogP contribution in [-0.4, -0.2) is 22.6 Å². The van der Waals surface area contributed by atoms with E-state index in [2.05, 4.69) is 4.72 Å². The Labute approximate surface area is 143 Å². The van der Waals surface area contributed by atoms with Gasteiger partial charge in [0.05, 0.1) is 14.2 Å². The minimum atomic E-state index is -3.73. The molecule has 0 amide bonds. The summed E-state index contributed by atoms with van der Waals surface area (Å²) in [4.78, 5) is 0.0998. The number of sulfonamides is 1. The maximum Gasteiger partial charge on any atom is 0.244 e. The molecule has 5 nitrogen and oxygen atoms in total. The standard InChI is InChI=1S/C18H23NO4S/c1-4-8-16(14-9-6-5-7-10-14)19-24(20,21)18-12-11-15(22-2)13-17(18)23-3/h5-7,9-13,16,19H,4,8H2,1-3H3. The molecule has 0 aromatic heterocycles. The second kappa shape index (κ2) is 8.17. The van der Waals surface area contributed by atoms with Gasteiger partial charge < -0.3 is 9.47 Å². The SMILES string of the molecule is CCCC(NS(=O)(=O)c1ccc(OC)cc1OC)c1ccccc1. The van der Waals surface area contributed by atoms with E-state index in [0.29, 0.717) is 12.2 Å². The normalized spacial score (nSPS) is 12.6. The van der Waals surface area contributed by atoms with Gasteiger partial charge in [0, 0.05) is 12.1 Å². The van der Waals surface area contributed by atoms with Crippen LogP contribution in [0.1, 0.15) is 31.4 Å². The smallest absolute Gasteiger partial charge is 0.244 e. The highest BCUT2D eigenvalue weighted by Crippen LogP contribution is 2.30. The number of methoxy groups -OCH3 is 2. The second-order valence-corrected chi connectivity index (χ2v) is 7.07. The molecule has 0 aliphatic carbocycles. The van der Waals surface area contributed by atoms with Crippen molar-refractivity contribution in [3.63, 3.8) is 0 Å². The van der Waals surface area contributed by atoms with Crippen molar-refractivity contribution in [2.24, 2.45) is 0 Å². The molecule has 24 heavy (non-hydrogen) atoms. The Morgan fingerprint density at radius 3 is 2.33 bits per heavy atom. The molecule has 1 atom stereocenters. The molecule has 0 saturated heterocycles. The Kier molecular flexibility index (Phi) is 6.23.